The highest BCUT2D eigenvalue weighted by molar-refractivity contribution is 14.1. The van der Waals surface area contributed by atoms with Crippen LogP contribution in [0.25, 0.3) is 5.70 Å². The zero-order valence-corrected chi connectivity index (χ0v) is 24.3. The number of carbonyl (C=O) groups excluding carboxylic acids is 2. The molecule has 3 aromatic rings. The number of hydrogen-bond acceptors (Lipinski definition) is 5. The van der Waals surface area contributed by atoms with Gasteiger partial charge in [-0.05, 0) is 82.3 Å². The number of aryl methyl sites for hydroxylation is 1. The maximum atomic E-state index is 13.6. The van der Waals surface area contributed by atoms with Gasteiger partial charge in [-0.15, -0.1) is 0 Å². The van der Waals surface area contributed by atoms with E-state index in [1.807, 2.05) is 55.5 Å². The molecule has 0 spiro atoms. The van der Waals surface area contributed by atoms with Crippen LogP contribution in [0.5, 0.6) is 5.75 Å². The molecule has 0 radical (unpaired) electrons. The fourth-order valence-electron chi connectivity index (χ4n) is 4.88. The second-order valence-corrected chi connectivity index (χ2v) is 11.2. The summed E-state index contributed by atoms with van der Waals surface area (Å²) in [5.74, 6) is -0.297. The number of benzene rings is 3. The van der Waals surface area contributed by atoms with Crippen LogP contribution in [-0.2, 0) is 16.1 Å². The number of allylic oxidation sites excluding steroid dienone is 2. The van der Waals surface area contributed by atoms with Crippen molar-refractivity contribution in [3.8, 4) is 5.75 Å². The van der Waals surface area contributed by atoms with Gasteiger partial charge in [0.05, 0.1) is 25.5 Å². The average molecular weight is 703 g/mol. The quantitative estimate of drug-likeness (QED) is 0.242. The molecule has 2 aliphatic rings. The molecule has 1 atom stereocenters. The van der Waals surface area contributed by atoms with Gasteiger partial charge in [0, 0.05) is 28.3 Å². The van der Waals surface area contributed by atoms with E-state index < -0.39 is 11.9 Å². The van der Waals surface area contributed by atoms with Crippen LogP contribution in [0, 0.1) is 14.1 Å². The summed E-state index contributed by atoms with van der Waals surface area (Å²) in [7, 11) is 1.37. The van der Waals surface area contributed by atoms with Crippen LogP contribution in [-0.4, -0.2) is 18.9 Å². The van der Waals surface area contributed by atoms with Crippen LogP contribution >= 0.6 is 45.2 Å². The highest BCUT2D eigenvalue weighted by Gasteiger charge is 2.43. The van der Waals surface area contributed by atoms with E-state index in [2.05, 4.69) is 69.6 Å². The molecule has 5 rings (SSSR count). The Labute approximate surface area is 237 Å². The Morgan fingerprint density at radius 2 is 1.67 bits per heavy atom. The molecule has 1 aliphatic carbocycles. The first-order valence-electron chi connectivity index (χ1n) is 11.4. The monoisotopic (exact) mass is 703 g/mol. The molecule has 0 amide bonds. The van der Waals surface area contributed by atoms with Crippen LogP contribution in [0.15, 0.2) is 77.5 Å². The molecule has 3 aromatic carbocycles. The number of dihydropyridines is 1. The van der Waals surface area contributed by atoms with E-state index in [4.69, 9.17) is 9.47 Å². The number of esters is 1. The molecule has 1 heterocycles. The molecular formula is C29H23I2NO4. The summed E-state index contributed by atoms with van der Waals surface area (Å²) in [5, 5.41) is 3.32. The lowest BCUT2D eigenvalue weighted by molar-refractivity contribution is -0.136. The van der Waals surface area contributed by atoms with E-state index in [0.717, 1.165) is 35.3 Å². The molecular weight excluding hydrogens is 680 g/mol. The number of rotatable bonds is 5. The minimum Gasteiger partial charge on any atom is -0.487 e. The number of Topliss-reactive ketones (excluding diaryl/α,β-unsaturated/α-hetero) is 1. The summed E-state index contributed by atoms with van der Waals surface area (Å²) in [5.41, 5.74) is 7.08. The zero-order valence-electron chi connectivity index (χ0n) is 19.9. The summed E-state index contributed by atoms with van der Waals surface area (Å²) in [6.07, 6.45) is 0. The van der Waals surface area contributed by atoms with Crippen LogP contribution in [0.3, 0.4) is 0 Å². The van der Waals surface area contributed by atoms with Crippen molar-refractivity contribution in [1.29, 1.82) is 0 Å². The topological polar surface area (TPSA) is 64.6 Å². The SMILES string of the molecule is COC(=O)C1=C(C)NC2=C(C(=O)c3ccccc32)[C@H]1c1cc(I)c(OCc2cccc(C)c2)c(I)c1. The van der Waals surface area contributed by atoms with Crippen molar-refractivity contribution in [1.82, 2.24) is 5.32 Å². The van der Waals surface area contributed by atoms with Crippen molar-refractivity contribution in [3.05, 3.63) is 112 Å². The van der Waals surface area contributed by atoms with Gasteiger partial charge >= 0.3 is 5.97 Å². The number of hydrogen-bond donors (Lipinski definition) is 1. The largest absolute Gasteiger partial charge is 0.487 e. The van der Waals surface area contributed by atoms with Crippen LogP contribution in [0.2, 0.25) is 0 Å². The molecule has 0 saturated carbocycles. The number of halogens is 2. The summed E-state index contributed by atoms with van der Waals surface area (Å²) < 4.78 is 13.2. The second kappa shape index (κ2) is 10.0. The predicted octanol–water partition coefficient (Wildman–Crippen LogP) is 6.52. The first kappa shape index (κ1) is 25.0. The van der Waals surface area contributed by atoms with Crippen molar-refractivity contribution >= 4 is 62.6 Å². The van der Waals surface area contributed by atoms with Crippen LogP contribution in [0.4, 0.5) is 0 Å². The lowest BCUT2D eigenvalue weighted by Gasteiger charge is -2.29. The number of ketones is 1. The first-order chi connectivity index (χ1) is 17.3. The third-order valence-electron chi connectivity index (χ3n) is 6.47. The van der Waals surface area contributed by atoms with E-state index in [0.29, 0.717) is 29.0 Å². The maximum absolute atomic E-state index is 13.6. The van der Waals surface area contributed by atoms with Gasteiger partial charge < -0.3 is 14.8 Å². The normalized spacial score (nSPS) is 16.5. The number of fused-ring (bicyclic) bond motifs is 2. The molecule has 0 saturated heterocycles. The predicted molar refractivity (Wildman–Crippen MR) is 156 cm³/mol. The summed E-state index contributed by atoms with van der Waals surface area (Å²) in [6, 6.07) is 19.8. The molecule has 5 nitrogen and oxygen atoms in total. The number of nitrogens with one attached hydrogen (secondary N) is 1. The molecule has 7 heteroatoms. The lowest BCUT2D eigenvalue weighted by Crippen LogP contribution is -2.29. The van der Waals surface area contributed by atoms with Crippen molar-refractivity contribution < 1.29 is 19.1 Å². The molecule has 1 N–H and O–H groups in total. The molecule has 0 fully saturated rings. The first-order valence-corrected chi connectivity index (χ1v) is 13.6. The number of carbonyl (C=O) groups is 2. The van der Waals surface area contributed by atoms with Gasteiger partial charge in [0.15, 0.2) is 5.78 Å². The highest BCUT2D eigenvalue weighted by Crippen LogP contribution is 2.48. The zero-order chi connectivity index (χ0) is 25.6. The van der Waals surface area contributed by atoms with Crippen molar-refractivity contribution in [2.45, 2.75) is 26.4 Å². The molecule has 36 heavy (non-hydrogen) atoms. The number of ether oxygens (including phenoxy) is 2. The van der Waals surface area contributed by atoms with E-state index in [-0.39, 0.29) is 5.78 Å². The van der Waals surface area contributed by atoms with E-state index in [1.54, 1.807) is 0 Å². The van der Waals surface area contributed by atoms with Crippen LogP contribution in [0.1, 0.15) is 45.5 Å². The Morgan fingerprint density at radius 3 is 2.33 bits per heavy atom. The summed E-state index contributed by atoms with van der Waals surface area (Å²) in [4.78, 5) is 26.6. The van der Waals surface area contributed by atoms with Gasteiger partial charge in [-0.1, -0.05) is 54.1 Å². The minimum absolute atomic E-state index is 0.0724. The van der Waals surface area contributed by atoms with Crippen LogP contribution < -0.4 is 10.1 Å². The van der Waals surface area contributed by atoms with Crippen molar-refractivity contribution in [2.24, 2.45) is 0 Å². The third kappa shape index (κ3) is 4.36. The van der Waals surface area contributed by atoms with Gasteiger partial charge in [0.25, 0.3) is 0 Å². The number of methoxy groups -OCH3 is 1. The Kier molecular flexibility index (Phi) is 6.95. The van der Waals surface area contributed by atoms with E-state index >= 15 is 0 Å². The molecule has 0 bridgehead atoms. The smallest absolute Gasteiger partial charge is 0.336 e. The van der Waals surface area contributed by atoms with E-state index in [9.17, 15) is 9.59 Å². The van der Waals surface area contributed by atoms with Gasteiger partial charge in [-0.2, -0.15) is 0 Å². The van der Waals surface area contributed by atoms with E-state index in [1.165, 1.54) is 12.7 Å². The van der Waals surface area contributed by atoms with Crippen molar-refractivity contribution in [2.75, 3.05) is 7.11 Å². The Bertz CT molecular complexity index is 1470. The Hall–Kier alpha value is -2.66. The summed E-state index contributed by atoms with van der Waals surface area (Å²) >= 11 is 4.53. The van der Waals surface area contributed by atoms with Gasteiger partial charge in [-0.25, -0.2) is 4.79 Å². The molecule has 0 aromatic heterocycles. The van der Waals surface area contributed by atoms with Gasteiger partial charge in [0.2, 0.25) is 0 Å². The molecule has 0 unspecified atom stereocenters. The average Bonchev–Trinajstić information content (AvgIpc) is 3.13. The van der Waals surface area contributed by atoms with Gasteiger partial charge in [0.1, 0.15) is 12.4 Å². The molecule has 182 valence electrons. The second-order valence-electron chi connectivity index (χ2n) is 8.84. The lowest BCUT2D eigenvalue weighted by atomic mass is 9.80. The third-order valence-corrected chi connectivity index (χ3v) is 8.08. The standard InChI is InChI=1S/C29H23I2NO4/c1-15-7-6-8-17(11-15)14-36-28-21(30)12-18(13-22(28)31)24-23(29(34)35-3)16(2)32-26-19-9-4-5-10-20(19)27(33)25(24)26/h4-13,24,32H,14H2,1-3H3/t24-/m0/s1. The van der Waals surface area contributed by atoms with Gasteiger partial charge in [-0.3, -0.25) is 4.79 Å². The van der Waals surface area contributed by atoms with Crippen molar-refractivity contribution in [3.63, 3.8) is 0 Å². The highest BCUT2D eigenvalue weighted by atomic mass is 127. The maximum Gasteiger partial charge on any atom is 0.336 e. The minimum atomic E-state index is -0.554. The Morgan fingerprint density at radius 1 is 0.972 bits per heavy atom. The summed E-state index contributed by atoms with van der Waals surface area (Å²) in [6.45, 7) is 4.37. The fourth-order valence-corrected chi connectivity index (χ4v) is 7.01. The molecule has 1 aliphatic heterocycles. The fraction of sp³-hybridized carbons (Fsp3) is 0.172. The Balaban J connectivity index is 1.58.